The Morgan fingerprint density at radius 2 is 1.81 bits per heavy atom. The lowest BCUT2D eigenvalue weighted by Gasteiger charge is -2.06. The molecule has 0 saturated carbocycles. The van der Waals surface area contributed by atoms with Crippen LogP contribution in [0.3, 0.4) is 0 Å². The van der Waals surface area contributed by atoms with E-state index in [1.165, 1.54) is 16.0 Å². The van der Waals surface area contributed by atoms with Crippen molar-refractivity contribution in [1.82, 2.24) is 4.98 Å². The summed E-state index contributed by atoms with van der Waals surface area (Å²) in [5, 5.41) is 1.11. The number of nitrogens with zero attached hydrogens (tertiary/aromatic N) is 1. The van der Waals surface area contributed by atoms with Crippen LogP contribution in [0.25, 0.3) is 10.4 Å². The summed E-state index contributed by atoms with van der Waals surface area (Å²) < 4.78 is 0. The minimum Gasteiger partial charge on any atom is -0.324 e. The fourth-order valence-corrected chi connectivity index (χ4v) is 2.66. The number of benzene rings is 1. The van der Waals surface area contributed by atoms with Crippen molar-refractivity contribution in [2.24, 2.45) is 5.73 Å². The van der Waals surface area contributed by atoms with Gasteiger partial charge in [-0.05, 0) is 31.9 Å². The van der Waals surface area contributed by atoms with E-state index < -0.39 is 0 Å². The number of nitrogens with two attached hydrogens (primary N) is 1. The molecule has 0 amide bonds. The van der Waals surface area contributed by atoms with Crippen LogP contribution in [0.15, 0.2) is 24.3 Å². The molecule has 0 aliphatic carbocycles. The lowest BCUT2D eigenvalue weighted by atomic mass is 10.1. The number of hydrogen-bond donors (Lipinski definition) is 1. The summed E-state index contributed by atoms with van der Waals surface area (Å²) in [6.07, 6.45) is 0. The van der Waals surface area contributed by atoms with E-state index in [2.05, 4.69) is 36.2 Å². The Balaban J connectivity index is 2.38. The summed E-state index contributed by atoms with van der Waals surface area (Å²) in [7, 11) is 0. The highest BCUT2D eigenvalue weighted by molar-refractivity contribution is 7.15. The van der Waals surface area contributed by atoms with E-state index in [0.29, 0.717) is 0 Å². The van der Waals surface area contributed by atoms with Gasteiger partial charge in [-0.3, -0.25) is 0 Å². The van der Waals surface area contributed by atoms with E-state index in [-0.39, 0.29) is 6.04 Å². The number of hydrogen-bond acceptors (Lipinski definition) is 3. The van der Waals surface area contributed by atoms with Crippen molar-refractivity contribution < 1.29 is 0 Å². The average molecular weight is 232 g/mol. The molecule has 84 valence electrons. The predicted molar refractivity (Wildman–Crippen MR) is 69.6 cm³/mol. The quantitative estimate of drug-likeness (QED) is 0.861. The Morgan fingerprint density at radius 3 is 2.25 bits per heavy atom. The van der Waals surface area contributed by atoms with Gasteiger partial charge in [0.15, 0.2) is 0 Å². The van der Waals surface area contributed by atoms with Gasteiger partial charge in [0.2, 0.25) is 0 Å². The van der Waals surface area contributed by atoms with Crippen LogP contribution >= 0.6 is 11.3 Å². The summed E-state index contributed by atoms with van der Waals surface area (Å²) in [6.45, 7) is 6.09. The van der Waals surface area contributed by atoms with Crippen LogP contribution < -0.4 is 5.73 Å². The van der Waals surface area contributed by atoms with Gasteiger partial charge in [-0.1, -0.05) is 24.3 Å². The Labute approximate surface area is 100 Å². The molecule has 0 fully saturated rings. The van der Waals surface area contributed by atoms with Gasteiger partial charge in [-0.2, -0.15) is 0 Å². The highest BCUT2D eigenvalue weighted by atomic mass is 32.1. The minimum absolute atomic E-state index is 0.0957. The van der Waals surface area contributed by atoms with Crippen molar-refractivity contribution in [2.75, 3.05) is 0 Å². The first-order chi connectivity index (χ1) is 7.58. The van der Waals surface area contributed by atoms with Gasteiger partial charge in [0.25, 0.3) is 0 Å². The van der Waals surface area contributed by atoms with Gasteiger partial charge in [-0.25, -0.2) is 4.98 Å². The Kier molecular flexibility index (Phi) is 3.08. The molecule has 16 heavy (non-hydrogen) atoms. The number of thiazole rings is 1. The highest BCUT2D eigenvalue weighted by Gasteiger charge is 2.07. The van der Waals surface area contributed by atoms with Crippen LogP contribution in [0.2, 0.25) is 0 Å². The van der Waals surface area contributed by atoms with Gasteiger partial charge in [0.1, 0.15) is 0 Å². The maximum atomic E-state index is 5.83. The second kappa shape index (κ2) is 4.36. The zero-order valence-corrected chi connectivity index (χ0v) is 10.6. The summed E-state index contributed by atoms with van der Waals surface area (Å²) >= 11 is 1.74. The van der Waals surface area contributed by atoms with Crippen LogP contribution in [0.1, 0.15) is 29.2 Å². The van der Waals surface area contributed by atoms with E-state index in [0.717, 1.165) is 10.7 Å². The van der Waals surface area contributed by atoms with Crippen molar-refractivity contribution in [2.45, 2.75) is 26.8 Å². The fraction of sp³-hybridized carbons (Fsp3) is 0.308. The molecule has 0 spiro atoms. The van der Waals surface area contributed by atoms with E-state index in [9.17, 15) is 0 Å². The molecule has 0 unspecified atom stereocenters. The Bertz CT molecular complexity index is 483. The van der Waals surface area contributed by atoms with E-state index >= 15 is 0 Å². The molecule has 1 heterocycles. The molecule has 1 aromatic heterocycles. The summed E-state index contributed by atoms with van der Waals surface area (Å²) in [5.74, 6) is 0. The van der Waals surface area contributed by atoms with E-state index in [4.69, 9.17) is 5.73 Å². The van der Waals surface area contributed by atoms with Gasteiger partial charge < -0.3 is 5.73 Å². The molecule has 0 bridgehead atoms. The first-order valence-corrected chi connectivity index (χ1v) is 6.19. The van der Waals surface area contributed by atoms with Gasteiger partial charge in [0, 0.05) is 6.04 Å². The maximum Gasteiger partial charge on any atom is 0.0903 e. The third-order valence-electron chi connectivity index (χ3n) is 2.60. The zero-order valence-electron chi connectivity index (χ0n) is 9.82. The smallest absolute Gasteiger partial charge is 0.0903 e. The second-order valence-corrected chi connectivity index (χ2v) is 5.26. The maximum absolute atomic E-state index is 5.83. The third-order valence-corrected chi connectivity index (χ3v) is 3.72. The summed E-state index contributed by atoms with van der Waals surface area (Å²) in [5.41, 5.74) is 9.33. The largest absolute Gasteiger partial charge is 0.324 e. The van der Waals surface area contributed by atoms with Crippen molar-refractivity contribution in [3.63, 3.8) is 0 Å². The van der Waals surface area contributed by atoms with Crippen molar-refractivity contribution >= 4 is 11.3 Å². The van der Waals surface area contributed by atoms with Crippen molar-refractivity contribution in [3.8, 4) is 10.4 Å². The topological polar surface area (TPSA) is 38.9 Å². The predicted octanol–water partition coefficient (Wildman–Crippen LogP) is 3.45. The van der Waals surface area contributed by atoms with Gasteiger partial charge in [-0.15, -0.1) is 11.3 Å². The van der Waals surface area contributed by atoms with Crippen LogP contribution in [0, 0.1) is 13.8 Å². The first-order valence-electron chi connectivity index (χ1n) is 5.38. The van der Waals surface area contributed by atoms with Crippen LogP contribution in [0.5, 0.6) is 0 Å². The number of aromatic nitrogens is 1. The van der Waals surface area contributed by atoms with Crippen molar-refractivity contribution in [3.05, 3.63) is 40.5 Å². The summed E-state index contributed by atoms with van der Waals surface area (Å²) in [4.78, 5) is 5.70. The molecule has 0 saturated heterocycles. The molecule has 3 heteroatoms. The SMILES string of the molecule is Cc1nc(C)c(-c2ccc([C@H](C)N)cc2)s1. The van der Waals surface area contributed by atoms with Gasteiger partial charge in [0.05, 0.1) is 15.6 Å². The molecule has 0 radical (unpaired) electrons. The van der Waals surface area contributed by atoms with E-state index in [1.807, 2.05) is 13.8 Å². The normalized spacial score (nSPS) is 12.8. The summed E-state index contributed by atoms with van der Waals surface area (Å²) in [6, 6.07) is 8.53. The van der Waals surface area contributed by atoms with Crippen LogP contribution in [-0.4, -0.2) is 4.98 Å². The molecule has 2 nitrogen and oxygen atoms in total. The van der Waals surface area contributed by atoms with E-state index in [1.54, 1.807) is 11.3 Å². The van der Waals surface area contributed by atoms with Crippen LogP contribution in [0.4, 0.5) is 0 Å². The molecular formula is C13H16N2S. The zero-order chi connectivity index (χ0) is 11.7. The molecule has 2 N–H and O–H groups in total. The van der Waals surface area contributed by atoms with Crippen LogP contribution in [-0.2, 0) is 0 Å². The standard InChI is InChI=1S/C13H16N2S/c1-8(14)11-4-6-12(7-5-11)13-9(2)15-10(3)16-13/h4-8H,14H2,1-3H3/t8-/m0/s1. The average Bonchev–Trinajstić information content (AvgIpc) is 2.58. The molecule has 2 aromatic rings. The third kappa shape index (κ3) is 2.15. The lowest BCUT2D eigenvalue weighted by molar-refractivity contribution is 0.818. The Morgan fingerprint density at radius 1 is 1.19 bits per heavy atom. The molecule has 0 aliphatic heterocycles. The molecule has 1 aromatic carbocycles. The highest BCUT2D eigenvalue weighted by Crippen LogP contribution is 2.30. The molecular weight excluding hydrogens is 216 g/mol. The molecule has 0 aliphatic rings. The minimum atomic E-state index is 0.0957. The number of rotatable bonds is 2. The van der Waals surface area contributed by atoms with Gasteiger partial charge >= 0.3 is 0 Å². The first kappa shape index (κ1) is 11.3. The number of aryl methyl sites for hydroxylation is 2. The Hall–Kier alpha value is -1.19. The lowest BCUT2D eigenvalue weighted by Crippen LogP contribution is -2.04. The van der Waals surface area contributed by atoms with Crippen molar-refractivity contribution in [1.29, 1.82) is 0 Å². The second-order valence-electron chi connectivity index (χ2n) is 4.06. The molecule has 1 atom stereocenters. The monoisotopic (exact) mass is 232 g/mol. The fourth-order valence-electron chi connectivity index (χ4n) is 1.74. The molecule has 2 rings (SSSR count).